The van der Waals surface area contributed by atoms with E-state index >= 15 is 0 Å². The Kier molecular flexibility index (Phi) is 4.36. The molecule has 5 heteroatoms. The van der Waals surface area contributed by atoms with Crippen LogP contribution in [0.5, 0.6) is 5.75 Å². The molecule has 2 atom stereocenters. The second-order valence-corrected chi connectivity index (χ2v) is 6.84. The van der Waals surface area contributed by atoms with E-state index in [2.05, 4.69) is 0 Å². The second kappa shape index (κ2) is 6.83. The van der Waals surface area contributed by atoms with Crippen molar-refractivity contribution in [3.63, 3.8) is 0 Å². The summed E-state index contributed by atoms with van der Waals surface area (Å²) in [5, 5.41) is 0. The molecule has 27 heavy (non-hydrogen) atoms. The minimum absolute atomic E-state index is 0.207. The molecule has 1 heterocycles. The van der Waals surface area contributed by atoms with E-state index in [1.165, 1.54) is 4.90 Å². The number of nitrogens with zero attached hydrogens (tertiary/aromatic N) is 1. The van der Waals surface area contributed by atoms with Gasteiger partial charge in [0.05, 0.1) is 23.1 Å². The summed E-state index contributed by atoms with van der Waals surface area (Å²) in [6, 6.07) is 13.8. The zero-order valence-corrected chi connectivity index (χ0v) is 14.9. The highest BCUT2D eigenvalue weighted by Crippen LogP contribution is 2.40. The third kappa shape index (κ3) is 2.95. The highest BCUT2D eigenvalue weighted by Gasteiger charge is 2.48. The predicted molar refractivity (Wildman–Crippen MR) is 100 cm³/mol. The summed E-state index contributed by atoms with van der Waals surface area (Å²) in [5.41, 5.74) is 1.57. The van der Waals surface area contributed by atoms with Crippen molar-refractivity contribution in [2.24, 2.45) is 11.8 Å². The summed E-state index contributed by atoms with van der Waals surface area (Å²) in [6.45, 7) is 1.83. The van der Waals surface area contributed by atoms with Crippen molar-refractivity contribution in [3.8, 4) is 5.75 Å². The molecule has 4 rings (SSSR count). The summed E-state index contributed by atoms with van der Waals surface area (Å²) in [7, 11) is 0. The van der Waals surface area contributed by atoms with Crippen LogP contribution in [0.15, 0.2) is 60.7 Å². The molecule has 0 radical (unpaired) electrons. The van der Waals surface area contributed by atoms with E-state index in [1.807, 2.05) is 31.2 Å². The van der Waals surface area contributed by atoms with Crippen LogP contribution in [0.3, 0.4) is 0 Å². The zero-order chi connectivity index (χ0) is 19.0. The van der Waals surface area contributed by atoms with Gasteiger partial charge in [0.15, 0.2) is 5.75 Å². The van der Waals surface area contributed by atoms with E-state index in [9.17, 15) is 14.4 Å². The first-order valence-electron chi connectivity index (χ1n) is 8.97. The fourth-order valence-corrected chi connectivity index (χ4v) is 3.72. The lowest BCUT2D eigenvalue weighted by molar-refractivity contribution is -0.122. The number of amides is 2. The number of esters is 1. The van der Waals surface area contributed by atoms with Crippen LogP contribution in [0, 0.1) is 18.8 Å². The average molecular weight is 361 g/mol. The van der Waals surface area contributed by atoms with Crippen LogP contribution in [0.4, 0.5) is 5.69 Å². The van der Waals surface area contributed by atoms with Crippen molar-refractivity contribution in [1.29, 1.82) is 0 Å². The second-order valence-electron chi connectivity index (χ2n) is 6.84. The highest BCUT2D eigenvalue weighted by molar-refractivity contribution is 6.23. The van der Waals surface area contributed by atoms with Crippen molar-refractivity contribution >= 4 is 23.5 Å². The van der Waals surface area contributed by atoms with E-state index < -0.39 is 5.97 Å². The van der Waals surface area contributed by atoms with E-state index in [4.69, 9.17) is 4.74 Å². The molecular formula is C22H19NO4. The number of anilines is 1. The van der Waals surface area contributed by atoms with Gasteiger partial charge in [0.25, 0.3) is 0 Å². The van der Waals surface area contributed by atoms with Gasteiger partial charge in [0, 0.05) is 0 Å². The van der Waals surface area contributed by atoms with Crippen LogP contribution in [0.1, 0.15) is 28.8 Å². The number of aryl methyl sites for hydroxylation is 1. The van der Waals surface area contributed by atoms with Crippen molar-refractivity contribution in [2.45, 2.75) is 19.8 Å². The number of hydrogen-bond donors (Lipinski definition) is 0. The van der Waals surface area contributed by atoms with Crippen molar-refractivity contribution in [1.82, 2.24) is 0 Å². The lowest BCUT2D eigenvalue weighted by Gasteiger charge is -2.18. The van der Waals surface area contributed by atoms with Crippen LogP contribution in [-0.2, 0) is 9.59 Å². The van der Waals surface area contributed by atoms with Gasteiger partial charge in [-0.1, -0.05) is 42.5 Å². The Morgan fingerprint density at radius 2 is 1.52 bits per heavy atom. The van der Waals surface area contributed by atoms with Crippen molar-refractivity contribution in [2.75, 3.05) is 4.90 Å². The number of ether oxygens (including phenoxy) is 1. The highest BCUT2D eigenvalue weighted by atomic mass is 16.5. The van der Waals surface area contributed by atoms with Crippen LogP contribution in [0.2, 0.25) is 0 Å². The van der Waals surface area contributed by atoms with E-state index in [-0.39, 0.29) is 29.4 Å². The molecule has 1 aliphatic carbocycles. The van der Waals surface area contributed by atoms with E-state index in [0.29, 0.717) is 24.1 Å². The Balaban J connectivity index is 1.66. The van der Waals surface area contributed by atoms with Gasteiger partial charge in [-0.15, -0.1) is 0 Å². The minimum atomic E-state index is -0.515. The number of fused-ring (bicyclic) bond motifs is 1. The Labute approximate surface area is 157 Å². The molecule has 5 nitrogen and oxygen atoms in total. The van der Waals surface area contributed by atoms with Gasteiger partial charge in [-0.25, -0.2) is 9.69 Å². The van der Waals surface area contributed by atoms with E-state index in [1.54, 1.807) is 36.4 Å². The maximum atomic E-state index is 12.8. The molecule has 2 aliphatic rings. The minimum Gasteiger partial charge on any atom is -0.421 e. The Bertz CT molecular complexity index is 936. The molecule has 1 aliphatic heterocycles. The molecule has 0 aromatic heterocycles. The first-order chi connectivity index (χ1) is 13.1. The molecule has 0 unspecified atom stereocenters. The lowest BCUT2D eigenvalue weighted by Crippen LogP contribution is -2.31. The summed E-state index contributed by atoms with van der Waals surface area (Å²) >= 11 is 0. The smallest absolute Gasteiger partial charge is 0.343 e. The molecule has 2 aromatic rings. The molecule has 2 aromatic carbocycles. The molecule has 0 saturated carbocycles. The zero-order valence-electron chi connectivity index (χ0n) is 14.9. The molecule has 0 N–H and O–H groups in total. The first-order valence-corrected chi connectivity index (χ1v) is 8.97. The molecule has 2 amide bonds. The normalized spacial score (nSPS) is 21.3. The number of hydrogen-bond acceptors (Lipinski definition) is 4. The Morgan fingerprint density at radius 3 is 2.19 bits per heavy atom. The van der Waals surface area contributed by atoms with Gasteiger partial charge in [0.1, 0.15) is 0 Å². The SMILES string of the molecule is Cc1ccccc1C(=O)Oc1ccccc1N1C(=O)[C@@H]2CC=CC[C@H]2C1=O. The van der Waals surface area contributed by atoms with Crippen LogP contribution >= 0.6 is 0 Å². The van der Waals surface area contributed by atoms with Crippen molar-refractivity contribution in [3.05, 3.63) is 71.8 Å². The van der Waals surface area contributed by atoms with Gasteiger partial charge in [0.2, 0.25) is 11.8 Å². The van der Waals surface area contributed by atoms with Gasteiger partial charge >= 0.3 is 5.97 Å². The number of rotatable bonds is 3. The standard InChI is InChI=1S/C22H19NO4/c1-14-8-2-3-9-15(14)22(26)27-19-13-7-6-12-18(19)23-20(24)16-10-4-5-11-17(16)21(23)25/h2-9,12-13,16-17H,10-11H2,1H3/t16-,17-/m1/s1. The van der Waals surface area contributed by atoms with Crippen LogP contribution < -0.4 is 9.64 Å². The monoisotopic (exact) mass is 361 g/mol. The number of benzene rings is 2. The molecule has 1 saturated heterocycles. The molecule has 0 bridgehead atoms. The largest absolute Gasteiger partial charge is 0.421 e. The summed E-state index contributed by atoms with van der Waals surface area (Å²) < 4.78 is 5.57. The Hall–Kier alpha value is -3.21. The molecule has 1 fully saturated rings. The quantitative estimate of drug-likeness (QED) is 0.362. The molecule has 0 spiro atoms. The van der Waals surface area contributed by atoms with Gasteiger partial charge < -0.3 is 4.74 Å². The number of allylic oxidation sites excluding steroid dienone is 2. The summed E-state index contributed by atoms with van der Waals surface area (Å²) in [6.07, 6.45) is 5.02. The number of para-hydroxylation sites is 2. The maximum Gasteiger partial charge on any atom is 0.343 e. The van der Waals surface area contributed by atoms with E-state index in [0.717, 1.165) is 5.56 Å². The predicted octanol–water partition coefficient (Wildman–Crippen LogP) is 3.67. The fourth-order valence-electron chi connectivity index (χ4n) is 3.72. The van der Waals surface area contributed by atoms with Gasteiger partial charge in [-0.2, -0.15) is 0 Å². The van der Waals surface area contributed by atoms with Crippen LogP contribution in [0.25, 0.3) is 0 Å². The lowest BCUT2D eigenvalue weighted by atomic mass is 9.85. The topological polar surface area (TPSA) is 63.7 Å². The van der Waals surface area contributed by atoms with Crippen molar-refractivity contribution < 1.29 is 19.1 Å². The summed E-state index contributed by atoms with van der Waals surface area (Å²) in [5.74, 6) is -1.43. The summed E-state index contributed by atoms with van der Waals surface area (Å²) in [4.78, 5) is 39.5. The number of carbonyl (C=O) groups excluding carboxylic acids is 3. The van der Waals surface area contributed by atoms with Crippen LogP contribution in [-0.4, -0.2) is 17.8 Å². The van der Waals surface area contributed by atoms with Gasteiger partial charge in [-0.05, 0) is 43.5 Å². The number of imide groups is 1. The third-order valence-electron chi connectivity index (χ3n) is 5.18. The fraction of sp³-hybridized carbons (Fsp3) is 0.227. The number of carbonyl (C=O) groups is 3. The Morgan fingerprint density at radius 1 is 0.926 bits per heavy atom. The van der Waals surface area contributed by atoms with Gasteiger partial charge in [-0.3, -0.25) is 9.59 Å². The molecule has 136 valence electrons. The maximum absolute atomic E-state index is 12.8. The average Bonchev–Trinajstić information content (AvgIpc) is 2.94. The molecular weight excluding hydrogens is 342 g/mol. The first kappa shape index (κ1) is 17.2. The third-order valence-corrected chi connectivity index (χ3v) is 5.18.